The highest BCUT2D eigenvalue weighted by Gasteiger charge is 2.18. The molecule has 0 radical (unpaired) electrons. The fraction of sp³-hybridized carbons (Fsp3) is 0.462. The van der Waals surface area contributed by atoms with Crippen LogP contribution in [0.4, 0.5) is 0 Å². The maximum atomic E-state index is 11.5. The third-order valence-corrected chi connectivity index (χ3v) is 3.99. The van der Waals surface area contributed by atoms with Gasteiger partial charge in [-0.25, -0.2) is 18.4 Å². The molecule has 0 aliphatic heterocycles. The molecule has 0 bridgehead atoms. The maximum absolute atomic E-state index is 11.5. The summed E-state index contributed by atoms with van der Waals surface area (Å²) in [6, 6.07) is 3.60. The van der Waals surface area contributed by atoms with E-state index >= 15 is 0 Å². The highest BCUT2D eigenvalue weighted by molar-refractivity contribution is 7.89. The van der Waals surface area contributed by atoms with Crippen LogP contribution in [0.3, 0.4) is 0 Å². The number of hydrogen-bond acceptors (Lipinski definition) is 5. The molecule has 0 saturated carbocycles. The van der Waals surface area contributed by atoms with Gasteiger partial charge in [0.15, 0.2) is 0 Å². The van der Waals surface area contributed by atoms with Gasteiger partial charge in [-0.1, -0.05) is 13.8 Å². The van der Waals surface area contributed by atoms with Gasteiger partial charge in [-0.15, -0.1) is 0 Å². The molecule has 0 amide bonds. The van der Waals surface area contributed by atoms with E-state index in [2.05, 4.69) is 4.90 Å². The molecule has 0 spiro atoms. The Labute approximate surface area is 124 Å². The van der Waals surface area contributed by atoms with E-state index in [0.717, 1.165) is 19.2 Å². The molecule has 0 aromatic heterocycles. The molecular formula is C13H20N2O5S. The zero-order chi connectivity index (χ0) is 16.0. The number of nitrogens with zero attached hydrogens (tertiary/aromatic N) is 1. The van der Waals surface area contributed by atoms with E-state index in [9.17, 15) is 13.2 Å². The summed E-state index contributed by atoms with van der Waals surface area (Å²) >= 11 is 0. The number of primary sulfonamides is 1. The van der Waals surface area contributed by atoms with Gasteiger partial charge >= 0.3 is 5.97 Å². The van der Waals surface area contributed by atoms with Crippen molar-refractivity contribution in [2.75, 3.05) is 26.2 Å². The predicted molar refractivity (Wildman–Crippen MR) is 78.1 cm³/mol. The summed E-state index contributed by atoms with van der Waals surface area (Å²) in [5.41, 5.74) is -0.157. The number of benzene rings is 1. The van der Waals surface area contributed by atoms with Crippen LogP contribution in [0.1, 0.15) is 24.2 Å². The number of carboxylic acid groups (broad SMARTS) is 1. The fourth-order valence-electron chi connectivity index (χ4n) is 1.81. The topological polar surface area (TPSA) is 110 Å². The molecule has 0 unspecified atom stereocenters. The molecule has 0 atom stereocenters. The molecule has 8 heteroatoms. The van der Waals surface area contributed by atoms with Gasteiger partial charge in [-0.3, -0.25) is 0 Å². The lowest BCUT2D eigenvalue weighted by molar-refractivity contribution is 0.0696. The van der Waals surface area contributed by atoms with Crippen LogP contribution in [0.15, 0.2) is 23.1 Å². The van der Waals surface area contributed by atoms with E-state index < -0.39 is 16.0 Å². The molecule has 0 aliphatic rings. The van der Waals surface area contributed by atoms with E-state index in [-0.39, 0.29) is 22.8 Å². The molecule has 0 aliphatic carbocycles. The number of ether oxygens (including phenoxy) is 1. The van der Waals surface area contributed by atoms with Gasteiger partial charge in [-0.2, -0.15) is 0 Å². The van der Waals surface area contributed by atoms with Crippen molar-refractivity contribution in [3.05, 3.63) is 23.8 Å². The Morgan fingerprint density at radius 1 is 1.33 bits per heavy atom. The van der Waals surface area contributed by atoms with Crippen molar-refractivity contribution in [3.63, 3.8) is 0 Å². The number of carboxylic acids is 1. The first-order valence-electron chi connectivity index (χ1n) is 6.54. The van der Waals surface area contributed by atoms with Crippen LogP contribution in [-0.4, -0.2) is 50.6 Å². The smallest absolute Gasteiger partial charge is 0.335 e. The van der Waals surface area contributed by atoms with E-state index in [4.69, 9.17) is 15.0 Å². The van der Waals surface area contributed by atoms with Gasteiger partial charge in [0.2, 0.25) is 10.0 Å². The first-order chi connectivity index (χ1) is 9.79. The van der Waals surface area contributed by atoms with Crippen molar-refractivity contribution in [2.24, 2.45) is 5.14 Å². The average Bonchev–Trinajstić information content (AvgIpc) is 2.42. The minimum Gasteiger partial charge on any atom is -0.491 e. The second kappa shape index (κ2) is 7.39. The molecule has 0 saturated heterocycles. The van der Waals surface area contributed by atoms with Gasteiger partial charge in [0.1, 0.15) is 17.3 Å². The van der Waals surface area contributed by atoms with Crippen LogP contribution in [0, 0.1) is 0 Å². The van der Waals surface area contributed by atoms with Gasteiger partial charge in [0, 0.05) is 6.54 Å². The minimum atomic E-state index is -4.05. The lowest BCUT2D eigenvalue weighted by atomic mass is 10.2. The van der Waals surface area contributed by atoms with Crippen molar-refractivity contribution in [1.29, 1.82) is 0 Å². The summed E-state index contributed by atoms with van der Waals surface area (Å²) in [5, 5.41) is 14.0. The number of hydrogen-bond donors (Lipinski definition) is 2. The number of nitrogens with two attached hydrogens (primary N) is 1. The average molecular weight is 316 g/mol. The first-order valence-corrected chi connectivity index (χ1v) is 8.09. The number of likely N-dealkylation sites (N-methyl/N-ethyl adjacent to an activating group) is 1. The minimum absolute atomic E-state index is 0.0645. The molecule has 21 heavy (non-hydrogen) atoms. The summed E-state index contributed by atoms with van der Waals surface area (Å²) in [5.74, 6) is -1.16. The Kier molecular flexibility index (Phi) is 6.13. The van der Waals surface area contributed by atoms with Crippen LogP contribution in [0.5, 0.6) is 5.75 Å². The molecule has 7 nitrogen and oxygen atoms in total. The van der Waals surface area contributed by atoms with E-state index in [1.807, 2.05) is 13.8 Å². The van der Waals surface area contributed by atoms with E-state index in [1.165, 1.54) is 12.1 Å². The zero-order valence-corrected chi connectivity index (χ0v) is 12.9. The highest BCUT2D eigenvalue weighted by Crippen LogP contribution is 2.24. The lowest BCUT2D eigenvalue weighted by Crippen LogP contribution is -2.28. The predicted octanol–water partition coefficient (Wildman–Crippen LogP) is 0.753. The third-order valence-electron chi connectivity index (χ3n) is 3.06. The fourth-order valence-corrected chi connectivity index (χ4v) is 2.51. The molecule has 1 rings (SSSR count). The largest absolute Gasteiger partial charge is 0.491 e. The number of sulfonamides is 1. The molecule has 118 valence electrons. The van der Waals surface area contributed by atoms with Gasteiger partial charge < -0.3 is 14.7 Å². The molecule has 1 aromatic rings. The summed E-state index contributed by atoms with van der Waals surface area (Å²) in [4.78, 5) is 12.7. The summed E-state index contributed by atoms with van der Waals surface area (Å²) in [7, 11) is -4.05. The summed E-state index contributed by atoms with van der Waals surface area (Å²) in [6.07, 6.45) is 0. The highest BCUT2D eigenvalue weighted by atomic mass is 32.2. The Hall–Kier alpha value is -1.64. The second-order valence-electron chi connectivity index (χ2n) is 4.39. The maximum Gasteiger partial charge on any atom is 0.335 e. The van der Waals surface area contributed by atoms with Gasteiger partial charge in [0.05, 0.1) is 5.56 Å². The van der Waals surface area contributed by atoms with Crippen LogP contribution < -0.4 is 9.88 Å². The zero-order valence-electron chi connectivity index (χ0n) is 12.1. The van der Waals surface area contributed by atoms with Crippen molar-refractivity contribution < 1.29 is 23.1 Å². The number of rotatable bonds is 8. The molecule has 3 N–H and O–H groups in total. The standard InChI is InChI=1S/C13H20N2O5S/c1-3-15(4-2)7-8-20-11-6-5-10(13(16)17)9-12(11)21(14,18)19/h5-6,9H,3-4,7-8H2,1-2H3,(H,16,17)(H2,14,18,19). The Balaban J connectivity index is 2.94. The lowest BCUT2D eigenvalue weighted by Gasteiger charge is -2.18. The number of aromatic carboxylic acids is 1. The summed E-state index contributed by atoms with van der Waals surface area (Å²) in [6.45, 7) is 6.68. The van der Waals surface area contributed by atoms with Crippen molar-refractivity contribution in [3.8, 4) is 5.75 Å². The van der Waals surface area contributed by atoms with Crippen LogP contribution in [0.2, 0.25) is 0 Å². The normalized spacial score (nSPS) is 11.6. The first kappa shape index (κ1) is 17.4. The van der Waals surface area contributed by atoms with Crippen molar-refractivity contribution in [1.82, 2.24) is 4.90 Å². The molecular weight excluding hydrogens is 296 g/mol. The second-order valence-corrected chi connectivity index (χ2v) is 5.92. The quantitative estimate of drug-likeness (QED) is 0.732. The third kappa shape index (κ3) is 5.00. The van der Waals surface area contributed by atoms with Crippen molar-refractivity contribution >= 4 is 16.0 Å². The Morgan fingerprint density at radius 3 is 2.43 bits per heavy atom. The van der Waals surface area contributed by atoms with Crippen LogP contribution in [-0.2, 0) is 10.0 Å². The monoisotopic (exact) mass is 316 g/mol. The number of carbonyl (C=O) groups is 1. The summed E-state index contributed by atoms with van der Waals surface area (Å²) < 4.78 is 28.5. The SMILES string of the molecule is CCN(CC)CCOc1ccc(C(=O)O)cc1S(N)(=O)=O. The van der Waals surface area contributed by atoms with Crippen LogP contribution >= 0.6 is 0 Å². The van der Waals surface area contributed by atoms with Crippen LogP contribution in [0.25, 0.3) is 0 Å². The van der Waals surface area contributed by atoms with E-state index in [1.54, 1.807) is 0 Å². The molecule has 0 fully saturated rings. The molecule has 1 aromatic carbocycles. The van der Waals surface area contributed by atoms with Gasteiger partial charge in [0.25, 0.3) is 0 Å². The van der Waals surface area contributed by atoms with Crippen molar-refractivity contribution in [2.45, 2.75) is 18.7 Å². The van der Waals surface area contributed by atoms with Gasteiger partial charge in [-0.05, 0) is 31.3 Å². The Bertz CT molecular complexity index is 597. The van der Waals surface area contributed by atoms with E-state index in [0.29, 0.717) is 6.54 Å². The Morgan fingerprint density at radius 2 is 1.95 bits per heavy atom. The molecule has 0 heterocycles.